The van der Waals surface area contributed by atoms with Crippen LogP contribution >= 0.6 is 11.9 Å². The van der Waals surface area contributed by atoms with Gasteiger partial charge in [0, 0.05) is 23.4 Å². The number of unbranched alkanes of at least 4 members (excludes halogenated alkanes) is 1. The lowest BCUT2D eigenvalue weighted by molar-refractivity contribution is 0.428. The number of aromatic hydroxyl groups is 1. The molecule has 1 heterocycles. The van der Waals surface area contributed by atoms with Gasteiger partial charge in [-0.15, -0.1) is 0 Å². The summed E-state index contributed by atoms with van der Waals surface area (Å²) < 4.78 is 3.46. The van der Waals surface area contributed by atoms with E-state index in [4.69, 9.17) is 5.84 Å². The molecule has 0 bridgehead atoms. The number of benzene rings is 2. The van der Waals surface area contributed by atoms with Gasteiger partial charge in [-0.25, -0.2) is 10.8 Å². The van der Waals surface area contributed by atoms with Crippen molar-refractivity contribution in [3.05, 3.63) is 48.5 Å². The number of fused-ring (bicyclic) bond motifs is 1. The molecule has 8 heteroatoms. The van der Waals surface area contributed by atoms with Crippen LogP contribution in [-0.4, -0.2) is 28.2 Å². The lowest BCUT2D eigenvalue weighted by Gasteiger charge is -2.17. The summed E-state index contributed by atoms with van der Waals surface area (Å²) in [5.41, 5.74) is 3.53. The van der Waals surface area contributed by atoms with E-state index >= 15 is 0 Å². The van der Waals surface area contributed by atoms with Crippen molar-refractivity contribution in [2.75, 3.05) is 23.8 Å². The van der Waals surface area contributed by atoms with Crippen molar-refractivity contribution < 1.29 is 5.11 Å². The zero-order valence-electron chi connectivity index (χ0n) is 18.0. The van der Waals surface area contributed by atoms with Crippen molar-refractivity contribution in [3.8, 4) is 5.75 Å². The Hall–Kier alpha value is -2.55. The first-order chi connectivity index (χ1) is 15.2. The standard InChI is InChI=1S/C23H32N6OS/c1-2-8-17(16-26-31-19-11-7-10-18(30)15-19)9-5-6-14-25-23-27-21-13-4-3-12-20(21)22(28-23)29-24/h3-4,7,10-13,15,17,26,30H,2,5-6,8-9,14,16,24H2,1H3,(H2,25,27,28,29)/t17-/m0/s1. The fraction of sp³-hybridized carbons (Fsp3) is 0.391. The van der Waals surface area contributed by atoms with Gasteiger partial charge in [0.2, 0.25) is 5.95 Å². The van der Waals surface area contributed by atoms with Gasteiger partial charge in [-0.2, -0.15) is 4.98 Å². The second kappa shape index (κ2) is 12.3. The molecule has 0 amide bonds. The third-order valence-electron chi connectivity index (χ3n) is 5.14. The third-order valence-corrected chi connectivity index (χ3v) is 5.94. The summed E-state index contributed by atoms with van der Waals surface area (Å²) in [5, 5.41) is 13.8. The molecule has 166 valence electrons. The fourth-order valence-corrected chi connectivity index (χ4v) is 4.38. The number of rotatable bonds is 13. The van der Waals surface area contributed by atoms with Crippen molar-refractivity contribution in [1.29, 1.82) is 0 Å². The van der Waals surface area contributed by atoms with E-state index in [1.165, 1.54) is 19.3 Å². The molecule has 0 aliphatic heterocycles. The molecule has 1 aromatic heterocycles. The summed E-state index contributed by atoms with van der Waals surface area (Å²) in [6.45, 7) is 4.02. The van der Waals surface area contributed by atoms with Gasteiger partial charge >= 0.3 is 0 Å². The normalized spacial score (nSPS) is 12.1. The molecule has 0 unspecified atom stereocenters. The van der Waals surface area contributed by atoms with Crippen LogP contribution in [0, 0.1) is 5.92 Å². The molecular weight excluding hydrogens is 408 g/mol. The molecule has 31 heavy (non-hydrogen) atoms. The van der Waals surface area contributed by atoms with E-state index in [-0.39, 0.29) is 0 Å². The van der Waals surface area contributed by atoms with Crippen LogP contribution in [0.5, 0.6) is 5.75 Å². The van der Waals surface area contributed by atoms with Crippen LogP contribution in [0.4, 0.5) is 11.8 Å². The molecule has 0 radical (unpaired) electrons. The van der Waals surface area contributed by atoms with Gasteiger partial charge in [-0.1, -0.05) is 38.0 Å². The van der Waals surface area contributed by atoms with E-state index < -0.39 is 0 Å². The van der Waals surface area contributed by atoms with Crippen molar-refractivity contribution in [3.63, 3.8) is 0 Å². The van der Waals surface area contributed by atoms with E-state index in [0.717, 1.165) is 41.7 Å². The second-order valence-corrected chi connectivity index (χ2v) is 8.55. The molecule has 1 atom stereocenters. The Bertz CT molecular complexity index is 954. The van der Waals surface area contributed by atoms with Crippen LogP contribution in [-0.2, 0) is 0 Å². The smallest absolute Gasteiger partial charge is 0.225 e. The van der Waals surface area contributed by atoms with Gasteiger partial charge in [0.25, 0.3) is 0 Å². The van der Waals surface area contributed by atoms with E-state index in [2.05, 4.69) is 32.4 Å². The molecule has 0 fully saturated rings. The maximum Gasteiger partial charge on any atom is 0.225 e. The maximum atomic E-state index is 9.57. The van der Waals surface area contributed by atoms with Crippen molar-refractivity contribution in [2.45, 2.75) is 43.9 Å². The Morgan fingerprint density at radius 3 is 2.74 bits per heavy atom. The number of hydrazine groups is 1. The average molecular weight is 441 g/mol. The van der Waals surface area contributed by atoms with Crippen LogP contribution in [0.25, 0.3) is 10.9 Å². The molecule has 3 aromatic rings. The number of nitrogens with one attached hydrogen (secondary N) is 3. The number of phenolic OH excluding ortho intramolecular Hbond substituents is 1. The Kier molecular flexibility index (Phi) is 9.20. The van der Waals surface area contributed by atoms with Gasteiger partial charge in [0.1, 0.15) is 5.75 Å². The SMILES string of the molecule is CCC[C@@H](CCCCNc1nc(NN)c2ccccc2n1)CNSc1cccc(O)c1. The molecule has 0 aliphatic carbocycles. The van der Waals surface area contributed by atoms with E-state index in [1.54, 1.807) is 24.1 Å². The van der Waals surface area contributed by atoms with Crippen molar-refractivity contribution in [1.82, 2.24) is 14.7 Å². The molecule has 0 saturated heterocycles. The van der Waals surface area contributed by atoms with Gasteiger partial charge in [-0.05, 0) is 67.5 Å². The minimum Gasteiger partial charge on any atom is -0.508 e. The summed E-state index contributed by atoms with van der Waals surface area (Å²) in [4.78, 5) is 10.1. The molecule has 7 nitrogen and oxygen atoms in total. The van der Waals surface area contributed by atoms with Crippen LogP contribution in [0.3, 0.4) is 0 Å². The molecule has 6 N–H and O–H groups in total. The second-order valence-electron chi connectivity index (χ2n) is 7.58. The largest absolute Gasteiger partial charge is 0.508 e. The number of hydrogen-bond acceptors (Lipinski definition) is 8. The minimum atomic E-state index is 0.300. The molecule has 3 rings (SSSR count). The van der Waals surface area contributed by atoms with E-state index in [0.29, 0.717) is 23.4 Å². The van der Waals surface area contributed by atoms with E-state index in [1.807, 2.05) is 36.4 Å². The minimum absolute atomic E-state index is 0.300. The lowest BCUT2D eigenvalue weighted by atomic mass is 9.97. The Morgan fingerprint density at radius 1 is 1.06 bits per heavy atom. The number of nitrogens with two attached hydrogens (primary N) is 1. The molecule has 0 saturated carbocycles. The first kappa shape index (κ1) is 23.1. The summed E-state index contributed by atoms with van der Waals surface area (Å²) in [7, 11) is 0. The molecule has 0 spiro atoms. The van der Waals surface area contributed by atoms with Gasteiger partial charge in [0.05, 0.1) is 5.52 Å². The Balaban J connectivity index is 1.40. The number of para-hydroxylation sites is 1. The van der Waals surface area contributed by atoms with Crippen LogP contribution in [0.15, 0.2) is 53.4 Å². The number of nitrogens with zero attached hydrogens (tertiary/aromatic N) is 2. The van der Waals surface area contributed by atoms with Crippen LogP contribution in [0.2, 0.25) is 0 Å². The quantitative estimate of drug-likeness (QED) is 0.110. The number of hydrogen-bond donors (Lipinski definition) is 5. The highest BCUT2D eigenvalue weighted by Crippen LogP contribution is 2.22. The fourth-order valence-electron chi connectivity index (χ4n) is 3.57. The highest BCUT2D eigenvalue weighted by molar-refractivity contribution is 7.97. The summed E-state index contributed by atoms with van der Waals surface area (Å²) in [6.07, 6.45) is 5.77. The number of anilines is 2. The third kappa shape index (κ3) is 7.27. The maximum absolute atomic E-state index is 9.57. The molecule has 2 aromatic carbocycles. The highest BCUT2D eigenvalue weighted by Gasteiger charge is 2.09. The zero-order valence-corrected chi connectivity index (χ0v) is 18.8. The van der Waals surface area contributed by atoms with Crippen molar-refractivity contribution in [2.24, 2.45) is 11.8 Å². The Labute approximate surface area is 188 Å². The van der Waals surface area contributed by atoms with Crippen LogP contribution in [0.1, 0.15) is 39.0 Å². The first-order valence-electron chi connectivity index (χ1n) is 10.9. The van der Waals surface area contributed by atoms with Gasteiger partial charge in [-0.3, -0.25) is 4.72 Å². The van der Waals surface area contributed by atoms with Crippen LogP contribution < -0.4 is 21.3 Å². The predicted octanol–water partition coefficient (Wildman–Crippen LogP) is 4.92. The van der Waals surface area contributed by atoms with E-state index in [9.17, 15) is 5.11 Å². The highest BCUT2D eigenvalue weighted by atomic mass is 32.2. The zero-order chi connectivity index (χ0) is 21.9. The Morgan fingerprint density at radius 2 is 1.94 bits per heavy atom. The number of aromatic nitrogens is 2. The topological polar surface area (TPSA) is 108 Å². The number of nitrogen functional groups attached to an aromatic ring is 1. The lowest BCUT2D eigenvalue weighted by Crippen LogP contribution is -2.17. The molecule has 0 aliphatic rings. The van der Waals surface area contributed by atoms with Gasteiger partial charge in [0.15, 0.2) is 5.82 Å². The molecular formula is C23H32N6OS. The monoisotopic (exact) mass is 440 g/mol. The average Bonchev–Trinajstić information content (AvgIpc) is 2.78. The summed E-state index contributed by atoms with van der Waals surface area (Å²) in [6, 6.07) is 15.1. The predicted molar refractivity (Wildman–Crippen MR) is 130 cm³/mol. The van der Waals surface area contributed by atoms with Gasteiger partial charge < -0.3 is 15.8 Å². The van der Waals surface area contributed by atoms with Crippen molar-refractivity contribution >= 4 is 34.6 Å². The number of phenols is 1. The summed E-state index contributed by atoms with van der Waals surface area (Å²) in [5.74, 6) is 7.79. The summed E-state index contributed by atoms with van der Waals surface area (Å²) >= 11 is 1.58. The first-order valence-corrected chi connectivity index (χ1v) is 11.7.